The van der Waals surface area contributed by atoms with Crippen molar-refractivity contribution >= 4 is 5.91 Å². The van der Waals surface area contributed by atoms with Gasteiger partial charge in [0.25, 0.3) is 0 Å². The van der Waals surface area contributed by atoms with E-state index in [1.54, 1.807) is 11.2 Å². The molecule has 4 nitrogen and oxygen atoms in total. The minimum atomic E-state index is 0.0779. The molecule has 0 radical (unpaired) electrons. The summed E-state index contributed by atoms with van der Waals surface area (Å²) in [5.74, 6) is 0.975. The molecule has 0 aromatic carbocycles. The molecular weight excluding hydrogens is 216 g/mol. The molecule has 0 aliphatic heterocycles. The lowest BCUT2D eigenvalue weighted by Crippen LogP contribution is -2.42. The van der Waals surface area contributed by atoms with Crippen LogP contribution in [-0.2, 0) is 11.3 Å². The largest absolute Gasteiger partial charge is 0.467 e. The van der Waals surface area contributed by atoms with Gasteiger partial charge in [-0.05, 0) is 36.9 Å². The van der Waals surface area contributed by atoms with E-state index < -0.39 is 0 Å². The second kappa shape index (κ2) is 4.92. The van der Waals surface area contributed by atoms with Gasteiger partial charge in [-0.3, -0.25) is 4.79 Å². The molecule has 0 unspecified atom stereocenters. The molecule has 0 bridgehead atoms. The average Bonchev–Trinajstić information content (AvgIpc) is 2.75. The van der Waals surface area contributed by atoms with E-state index >= 15 is 0 Å². The summed E-state index contributed by atoms with van der Waals surface area (Å²) in [7, 11) is 1.81. The van der Waals surface area contributed by atoms with Crippen LogP contribution in [0.25, 0.3) is 0 Å². The fraction of sp³-hybridized carbons (Fsp3) is 0.615. The number of carbonyl (C=O) groups is 1. The average molecular weight is 236 g/mol. The van der Waals surface area contributed by atoms with Crippen LogP contribution in [0, 0.1) is 5.41 Å². The lowest BCUT2D eigenvalue weighted by atomic mass is 9.66. The zero-order chi connectivity index (χ0) is 12.3. The number of hydrogen-bond acceptors (Lipinski definition) is 3. The van der Waals surface area contributed by atoms with Crippen molar-refractivity contribution in [2.75, 3.05) is 13.6 Å². The molecular formula is C13H20N2O2. The predicted octanol–water partition coefficient (Wildman–Crippen LogP) is 1.76. The van der Waals surface area contributed by atoms with Crippen LogP contribution >= 0.6 is 0 Å². The zero-order valence-corrected chi connectivity index (χ0v) is 10.3. The van der Waals surface area contributed by atoms with Gasteiger partial charge >= 0.3 is 0 Å². The molecule has 0 spiro atoms. The van der Waals surface area contributed by atoms with E-state index in [4.69, 9.17) is 10.2 Å². The summed E-state index contributed by atoms with van der Waals surface area (Å²) in [4.78, 5) is 13.8. The molecule has 0 saturated heterocycles. The van der Waals surface area contributed by atoms with Gasteiger partial charge in [0.2, 0.25) is 5.91 Å². The molecule has 1 heterocycles. The Labute approximate surface area is 102 Å². The third kappa shape index (κ3) is 2.69. The Morgan fingerprint density at radius 2 is 2.35 bits per heavy atom. The van der Waals surface area contributed by atoms with Gasteiger partial charge in [0.1, 0.15) is 5.76 Å². The summed E-state index contributed by atoms with van der Waals surface area (Å²) in [6, 6.07) is 3.72. The number of amides is 1. The Kier molecular flexibility index (Phi) is 3.52. The van der Waals surface area contributed by atoms with E-state index in [0.29, 0.717) is 19.5 Å². The van der Waals surface area contributed by atoms with Gasteiger partial charge in [0.05, 0.1) is 12.8 Å². The maximum Gasteiger partial charge on any atom is 0.223 e. The number of furan rings is 1. The highest BCUT2D eigenvalue weighted by Crippen LogP contribution is 2.43. The smallest absolute Gasteiger partial charge is 0.223 e. The molecule has 1 aromatic rings. The minimum Gasteiger partial charge on any atom is -0.467 e. The van der Waals surface area contributed by atoms with Crippen LogP contribution in [0.5, 0.6) is 0 Å². The van der Waals surface area contributed by atoms with Gasteiger partial charge in [-0.25, -0.2) is 0 Å². The molecule has 1 aliphatic rings. The minimum absolute atomic E-state index is 0.0779. The SMILES string of the molecule is CN(Cc1ccco1)C(=O)CC1(CN)CCC1. The fourth-order valence-corrected chi connectivity index (χ4v) is 2.31. The molecule has 2 rings (SSSR count). The summed E-state index contributed by atoms with van der Waals surface area (Å²) in [5, 5.41) is 0. The van der Waals surface area contributed by atoms with Gasteiger partial charge in [-0.15, -0.1) is 0 Å². The highest BCUT2D eigenvalue weighted by Gasteiger charge is 2.38. The summed E-state index contributed by atoms with van der Waals surface area (Å²) in [6.07, 6.45) is 5.57. The van der Waals surface area contributed by atoms with Crippen LogP contribution in [0.1, 0.15) is 31.4 Å². The van der Waals surface area contributed by atoms with Crippen molar-refractivity contribution in [2.24, 2.45) is 11.1 Å². The Hall–Kier alpha value is -1.29. The van der Waals surface area contributed by atoms with Crippen molar-refractivity contribution in [1.82, 2.24) is 4.90 Å². The summed E-state index contributed by atoms with van der Waals surface area (Å²) in [5.41, 5.74) is 5.84. The van der Waals surface area contributed by atoms with Crippen LogP contribution in [0.4, 0.5) is 0 Å². The monoisotopic (exact) mass is 236 g/mol. The van der Waals surface area contributed by atoms with Crippen LogP contribution in [-0.4, -0.2) is 24.4 Å². The van der Waals surface area contributed by atoms with Gasteiger partial charge in [-0.2, -0.15) is 0 Å². The van der Waals surface area contributed by atoms with Crippen molar-refractivity contribution in [1.29, 1.82) is 0 Å². The topological polar surface area (TPSA) is 59.5 Å². The number of nitrogens with zero attached hydrogens (tertiary/aromatic N) is 1. The van der Waals surface area contributed by atoms with Crippen molar-refractivity contribution < 1.29 is 9.21 Å². The second-order valence-corrected chi connectivity index (χ2v) is 5.06. The van der Waals surface area contributed by atoms with E-state index in [1.165, 1.54) is 6.42 Å². The maximum atomic E-state index is 12.1. The Bertz CT molecular complexity index is 363. The standard InChI is InChI=1S/C13H20N2O2/c1-15(9-11-4-2-7-17-11)12(16)8-13(10-14)5-3-6-13/h2,4,7H,3,5-6,8-10,14H2,1H3. The molecule has 1 saturated carbocycles. The normalized spacial score (nSPS) is 17.5. The molecule has 1 fully saturated rings. The lowest BCUT2D eigenvalue weighted by molar-refractivity contribution is -0.134. The number of nitrogens with two attached hydrogens (primary N) is 1. The van der Waals surface area contributed by atoms with Crippen molar-refractivity contribution in [2.45, 2.75) is 32.2 Å². The van der Waals surface area contributed by atoms with E-state index in [0.717, 1.165) is 18.6 Å². The van der Waals surface area contributed by atoms with Crippen molar-refractivity contribution in [3.63, 3.8) is 0 Å². The highest BCUT2D eigenvalue weighted by molar-refractivity contribution is 5.76. The van der Waals surface area contributed by atoms with Gasteiger partial charge < -0.3 is 15.1 Å². The molecule has 0 atom stereocenters. The van der Waals surface area contributed by atoms with Crippen LogP contribution in [0.2, 0.25) is 0 Å². The summed E-state index contributed by atoms with van der Waals surface area (Å²) >= 11 is 0. The maximum absolute atomic E-state index is 12.1. The number of hydrogen-bond donors (Lipinski definition) is 1. The Morgan fingerprint density at radius 3 is 2.82 bits per heavy atom. The van der Waals surface area contributed by atoms with Crippen LogP contribution in [0.15, 0.2) is 22.8 Å². The van der Waals surface area contributed by atoms with Crippen molar-refractivity contribution in [3.05, 3.63) is 24.2 Å². The molecule has 2 N–H and O–H groups in total. The second-order valence-electron chi connectivity index (χ2n) is 5.06. The summed E-state index contributed by atoms with van der Waals surface area (Å²) in [6.45, 7) is 1.15. The molecule has 1 amide bonds. The molecule has 94 valence electrons. The fourth-order valence-electron chi connectivity index (χ4n) is 2.31. The van der Waals surface area contributed by atoms with E-state index in [2.05, 4.69) is 0 Å². The Balaban J connectivity index is 1.87. The van der Waals surface area contributed by atoms with E-state index in [9.17, 15) is 4.79 Å². The van der Waals surface area contributed by atoms with Crippen LogP contribution < -0.4 is 5.73 Å². The number of carbonyl (C=O) groups excluding carboxylic acids is 1. The first-order valence-corrected chi connectivity index (χ1v) is 6.12. The zero-order valence-electron chi connectivity index (χ0n) is 10.3. The van der Waals surface area contributed by atoms with E-state index in [-0.39, 0.29) is 11.3 Å². The Morgan fingerprint density at radius 1 is 1.59 bits per heavy atom. The third-order valence-electron chi connectivity index (χ3n) is 3.77. The summed E-state index contributed by atoms with van der Waals surface area (Å²) < 4.78 is 5.23. The van der Waals surface area contributed by atoms with Crippen LogP contribution in [0.3, 0.4) is 0 Å². The number of rotatable bonds is 5. The molecule has 1 aromatic heterocycles. The first-order valence-electron chi connectivity index (χ1n) is 6.12. The van der Waals surface area contributed by atoms with Gasteiger partial charge in [0, 0.05) is 13.5 Å². The van der Waals surface area contributed by atoms with Gasteiger partial charge in [0.15, 0.2) is 0 Å². The first kappa shape index (κ1) is 12.2. The van der Waals surface area contributed by atoms with Crippen molar-refractivity contribution in [3.8, 4) is 0 Å². The van der Waals surface area contributed by atoms with E-state index in [1.807, 2.05) is 19.2 Å². The third-order valence-corrected chi connectivity index (χ3v) is 3.77. The molecule has 1 aliphatic carbocycles. The quantitative estimate of drug-likeness (QED) is 0.847. The predicted molar refractivity (Wildman–Crippen MR) is 65.1 cm³/mol. The first-order chi connectivity index (χ1) is 8.15. The highest BCUT2D eigenvalue weighted by atomic mass is 16.3. The molecule has 17 heavy (non-hydrogen) atoms. The molecule has 4 heteroatoms. The van der Waals surface area contributed by atoms with Gasteiger partial charge in [-0.1, -0.05) is 6.42 Å². The lowest BCUT2D eigenvalue weighted by Gasteiger charge is -2.41.